The number of pyridine rings is 1. The quantitative estimate of drug-likeness (QED) is 0.736. The van der Waals surface area contributed by atoms with Crippen LogP contribution in [0.5, 0.6) is 5.75 Å². The standard InChI is InChI=1S/C19H22ClN3OS/c20-18-7-9-21-11-19(18)25-22-15-8-10-23(13-15)12-14-1-3-16(4-2-14)24-17-5-6-17/h1-4,7,9,11,15,17,22H,5-6,8,10,12-13H2. The average Bonchev–Trinajstić information content (AvgIpc) is 3.33. The third-order valence-electron chi connectivity index (χ3n) is 4.50. The lowest BCUT2D eigenvalue weighted by molar-refractivity contribution is 0.302. The minimum Gasteiger partial charge on any atom is -0.490 e. The van der Waals surface area contributed by atoms with Crippen molar-refractivity contribution in [2.24, 2.45) is 0 Å². The van der Waals surface area contributed by atoms with Crippen LogP contribution in [-0.4, -0.2) is 35.1 Å². The normalized spacial score (nSPS) is 20.8. The number of hydrogen-bond donors (Lipinski definition) is 1. The third-order valence-corrected chi connectivity index (χ3v) is 5.94. The number of rotatable bonds is 7. The van der Waals surface area contributed by atoms with Gasteiger partial charge in [0.1, 0.15) is 5.75 Å². The van der Waals surface area contributed by atoms with Gasteiger partial charge in [-0.25, -0.2) is 0 Å². The Morgan fingerprint density at radius 1 is 1.20 bits per heavy atom. The summed E-state index contributed by atoms with van der Waals surface area (Å²) < 4.78 is 9.33. The van der Waals surface area contributed by atoms with Crippen LogP contribution in [0.25, 0.3) is 0 Å². The van der Waals surface area contributed by atoms with Gasteiger partial charge in [0.25, 0.3) is 0 Å². The van der Waals surface area contributed by atoms with Gasteiger partial charge in [0, 0.05) is 38.1 Å². The molecule has 2 aromatic rings. The molecule has 4 rings (SSSR count). The Bertz CT molecular complexity index is 708. The van der Waals surface area contributed by atoms with E-state index in [-0.39, 0.29) is 0 Å². The monoisotopic (exact) mass is 375 g/mol. The van der Waals surface area contributed by atoms with Gasteiger partial charge in [0.15, 0.2) is 0 Å². The van der Waals surface area contributed by atoms with E-state index in [1.54, 1.807) is 24.3 Å². The van der Waals surface area contributed by atoms with Crippen molar-refractivity contribution in [3.63, 3.8) is 0 Å². The molecule has 1 saturated carbocycles. The molecule has 1 aromatic heterocycles. The van der Waals surface area contributed by atoms with E-state index in [9.17, 15) is 0 Å². The summed E-state index contributed by atoms with van der Waals surface area (Å²) in [6, 6.07) is 10.9. The van der Waals surface area contributed by atoms with Gasteiger partial charge >= 0.3 is 0 Å². The van der Waals surface area contributed by atoms with Crippen molar-refractivity contribution in [2.75, 3.05) is 13.1 Å². The van der Waals surface area contributed by atoms with E-state index in [2.05, 4.69) is 38.9 Å². The van der Waals surface area contributed by atoms with E-state index in [0.29, 0.717) is 12.1 Å². The predicted octanol–water partition coefficient (Wildman–Crippen LogP) is 4.15. The van der Waals surface area contributed by atoms with Crippen molar-refractivity contribution in [1.82, 2.24) is 14.6 Å². The molecule has 1 unspecified atom stereocenters. The Labute approximate surface area is 158 Å². The number of likely N-dealkylation sites (tertiary alicyclic amines) is 1. The van der Waals surface area contributed by atoms with E-state index in [1.807, 2.05) is 6.07 Å². The molecule has 1 aliphatic heterocycles. The first-order valence-corrected chi connectivity index (χ1v) is 9.95. The summed E-state index contributed by atoms with van der Waals surface area (Å²) >= 11 is 7.75. The van der Waals surface area contributed by atoms with E-state index >= 15 is 0 Å². The molecule has 2 heterocycles. The molecule has 4 nitrogen and oxygen atoms in total. The van der Waals surface area contributed by atoms with Crippen LogP contribution < -0.4 is 9.46 Å². The molecule has 132 valence electrons. The lowest BCUT2D eigenvalue weighted by Crippen LogP contribution is -2.28. The number of ether oxygens (including phenoxy) is 1. The summed E-state index contributed by atoms with van der Waals surface area (Å²) in [6.45, 7) is 3.14. The van der Waals surface area contributed by atoms with E-state index < -0.39 is 0 Å². The highest BCUT2D eigenvalue weighted by Crippen LogP contribution is 2.27. The molecule has 1 saturated heterocycles. The second-order valence-corrected chi connectivity index (χ2v) is 7.99. The Balaban J connectivity index is 1.24. The molecule has 0 spiro atoms. The van der Waals surface area contributed by atoms with Crippen molar-refractivity contribution in [3.8, 4) is 5.75 Å². The van der Waals surface area contributed by atoms with Crippen LogP contribution in [-0.2, 0) is 6.54 Å². The fourth-order valence-electron chi connectivity index (χ4n) is 2.97. The summed E-state index contributed by atoms with van der Waals surface area (Å²) in [5.74, 6) is 0.997. The summed E-state index contributed by atoms with van der Waals surface area (Å²) in [7, 11) is 0. The third kappa shape index (κ3) is 4.88. The first-order chi connectivity index (χ1) is 12.3. The highest BCUT2D eigenvalue weighted by Gasteiger charge is 2.24. The maximum Gasteiger partial charge on any atom is 0.119 e. The molecule has 25 heavy (non-hydrogen) atoms. The van der Waals surface area contributed by atoms with Gasteiger partial charge in [-0.15, -0.1) is 0 Å². The highest BCUT2D eigenvalue weighted by molar-refractivity contribution is 7.97. The van der Waals surface area contributed by atoms with Crippen molar-refractivity contribution in [2.45, 2.75) is 42.8 Å². The molecule has 0 amide bonds. The second kappa shape index (κ2) is 7.96. The van der Waals surface area contributed by atoms with Crippen molar-refractivity contribution < 1.29 is 4.74 Å². The zero-order chi connectivity index (χ0) is 17.1. The van der Waals surface area contributed by atoms with E-state index in [1.165, 1.54) is 18.4 Å². The highest BCUT2D eigenvalue weighted by atomic mass is 35.5. The molecule has 1 aliphatic carbocycles. The minimum atomic E-state index is 0.460. The van der Waals surface area contributed by atoms with Crippen molar-refractivity contribution in [1.29, 1.82) is 0 Å². The lowest BCUT2D eigenvalue weighted by atomic mass is 10.2. The van der Waals surface area contributed by atoms with Crippen molar-refractivity contribution >= 4 is 23.5 Å². The van der Waals surface area contributed by atoms with Gasteiger partial charge in [-0.05, 0) is 55.0 Å². The molecule has 6 heteroatoms. The molecule has 1 aromatic carbocycles. The number of nitrogens with one attached hydrogen (secondary N) is 1. The Morgan fingerprint density at radius 3 is 2.80 bits per heavy atom. The van der Waals surface area contributed by atoms with Gasteiger partial charge < -0.3 is 4.74 Å². The fraction of sp³-hybridized carbons (Fsp3) is 0.421. The zero-order valence-electron chi connectivity index (χ0n) is 14.0. The lowest BCUT2D eigenvalue weighted by Gasteiger charge is -2.17. The molecular formula is C19H22ClN3OS. The van der Waals surface area contributed by atoms with Gasteiger partial charge in [0.05, 0.1) is 16.0 Å². The van der Waals surface area contributed by atoms with Crippen LogP contribution in [0, 0.1) is 0 Å². The van der Waals surface area contributed by atoms with Gasteiger partial charge in [-0.3, -0.25) is 14.6 Å². The fourth-order valence-corrected chi connectivity index (χ4v) is 3.95. The van der Waals surface area contributed by atoms with Gasteiger partial charge in [-0.1, -0.05) is 23.7 Å². The van der Waals surface area contributed by atoms with E-state index in [4.69, 9.17) is 16.3 Å². The Hall–Kier alpha value is -1.27. The SMILES string of the molecule is Clc1ccncc1SNC1CCN(Cc2ccc(OC3CC3)cc2)C1. The molecule has 1 N–H and O–H groups in total. The zero-order valence-corrected chi connectivity index (χ0v) is 15.6. The summed E-state index contributed by atoms with van der Waals surface area (Å²) in [5, 5.41) is 0.746. The largest absolute Gasteiger partial charge is 0.490 e. The summed E-state index contributed by atoms with van der Waals surface area (Å²) in [5.41, 5.74) is 1.34. The summed E-state index contributed by atoms with van der Waals surface area (Å²) in [4.78, 5) is 7.59. The number of nitrogens with zero attached hydrogens (tertiary/aromatic N) is 2. The Kier molecular flexibility index (Phi) is 5.46. The van der Waals surface area contributed by atoms with Crippen LogP contribution in [0.15, 0.2) is 47.6 Å². The molecule has 2 fully saturated rings. The number of benzene rings is 1. The number of aromatic nitrogens is 1. The smallest absolute Gasteiger partial charge is 0.119 e. The number of halogens is 1. The van der Waals surface area contributed by atoms with Crippen LogP contribution in [0.3, 0.4) is 0 Å². The maximum absolute atomic E-state index is 6.17. The Morgan fingerprint density at radius 2 is 2.04 bits per heavy atom. The number of hydrogen-bond acceptors (Lipinski definition) is 5. The molecule has 2 aliphatic rings. The van der Waals surface area contributed by atoms with Gasteiger partial charge in [-0.2, -0.15) is 0 Å². The van der Waals surface area contributed by atoms with Crippen LogP contribution in [0.1, 0.15) is 24.8 Å². The van der Waals surface area contributed by atoms with Crippen molar-refractivity contribution in [3.05, 3.63) is 53.3 Å². The maximum atomic E-state index is 6.17. The first-order valence-electron chi connectivity index (χ1n) is 8.76. The topological polar surface area (TPSA) is 37.4 Å². The van der Waals surface area contributed by atoms with Crippen LogP contribution in [0.2, 0.25) is 5.02 Å². The first kappa shape index (κ1) is 17.2. The van der Waals surface area contributed by atoms with Gasteiger partial charge in [0.2, 0.25) is 0 Å². The molecule has 1 atom stereocenters. The minimum absolute atomic E-state index is 0.460. The molecule has 0 bridgehead atoms. The molecule has 0 radical (unpaired) electrons. The predicted molar refractivity (Wildman–Crippen MR) is 102 cm³/mol. The van der Waals surface area contributed by atoms with Crippen LogP contribution in [0.4, 0.5) is 0 Å². The van der Waals surface area contributed by atoms with E-state index in [0.717, 1.165) is 41.7 Å². The second-order valence-electron chi connectivity index (χ2n) is 6.71. The summed E-state index contributed by atoms with van der Waals surface area (Å²) in [6.07, 6.45) is 7.52. The van der Waals surface area contributed by atoms with Crippen LogP contribution >= 0.6 is 23.5 Å². The average molecular weight is 376 g/mol. The molecular weight excluding hydrogens is 354 g/mol.